The van der Waals surface area contributed by atoms with Crippen LogP contribution in [0.2, 0.25) is 0 Å². The van der Waals surface area contributed by atoms with Crippen molar-refractivity contribution in [1.82, 2.24) is 9.62 Å². The molecule has 7 nitrogen and oxygen atoms in total. The number of halogens is 1. The molecule has 0 saturated carbocycles. The minimum absolute atomic E-state index is 0. The highest BCUT2D eigenvalue weighted by Gasteiger charge is 2.32. The Morgan fingerprint density at radius 3 is 2.23 bits per heavy atom. The Hall–Kier alpha value is -1.48. The van der Waals surface area contributed by atoms with Gasteiger partial charge >= 0.3 is 0 Å². The van der Waals surface area contributed by atoms with Gasteiger partial charge in [-0.05, 0) is 38.8 Å². The molecule has 1 aliphatic rings. The third kappa shape index (κ3) is 5.26. The number of benzene rings is 1. The lowest BCUT2D eigenvalue weighted by molar-refractivity contribution is -0.126. The van der Waals surface area contributed by atoms with Gasteiger partial charge in [0.2, 0.25) is 15.9 Å². The number of nitrogens with zero attached hydrogens (tertiary/aromatic N) is 1. The Bertz CT molecular complexity index is 729. The molecule has 2 rings (SSSR count). The fourth-order valence-electron chi connectivity index (χ4n) is 2.79. The summed E-state index contributed by atoms with van der Waals surface area (Å²) in [5, 5.41) is 2.84. The molecular weight excluding hydrogens is 378 g/mol. The number of rotatable bonds is 6. The second-order valence-electron chi connectivity index (χ2n) is 6.40. The maximum Gasteiger partial charge on any atom is 0.243 e. The minimum atomic E-state index is -3.61. The number of carbonyl (C=O) groups excluding carboxylic acids is 2. The fraction of sp³-hybridized carbons (Fsp3) is 0.529. The molecule has 146 valence electrons. The first-order valence-corrected chi connectivity index (χ1v) is 9.81. The number of hydrogen-bond donors (Lipinski definition) is 2. The summed E-state index contributed by atoms with van der Waals surface area (Å²) in [6.45, 7) is 4.24. The van der Waals surface area contributed by atoms with Crippen molar-refractivity contribution in [2.75, 3.05) is 19.6 Å². The first-order valence-electron chi connectivity index (χ1n) is 8.37. The van der Waals surface area contributed by atoms with Crippen molar-refractivity contribution < 1.29 is 18.0 Å². The van der Waals surface area contributed by atoms with Crippen molar-refractivity contribution in [1.29, 1.82) is 0 Å². The van der Waals surface area contributed by atoms with Crippen LogP contribution in [0.3, 0.4) is 0 Å². The fourth-order valence-corrected chi connectivity index (χ4v) is 4.26. The van der Waals surface area contributed by atoms with Gasteiger partial charge in [0, 0.05) is 37.2 Å². The lowest BCUT2D eigenvalue weighted by atomic mass is 9.97. The summed E-state index contributed by atoms with van der Waals surface area (Å²) in [7, 11) is -3.61. The lowest BCUT2D eigenvalue weighted by Gasteiger charge is -2.31. The molecule has 1 heterocycles. The minimum Gasteiger partial charge on any atom is -0.352 e. The van der Waals surface area contributed by atoms with Gasteiger partial charge in [-0.15, -0.1) is 12.4 Å². The van der Waals surface area contributed by atoms with Gasteiger partial charge in [-0.3, -0.25) is 9.59 Å². The molecule has 1 saturated heterocycles. The van der Waals surface area contributed by atoms with E-state index in [4.69, 9.17) is 5.73 Å². The van der Waals surface area contributed by atoms with E-state index in [0.29, 0.717) is 38.0 Å². The van der Waals surface area contributed by atoms with Crippen LogP contribution < -0.4 is 11.1 Å². The number of hydrogen-bond acceptors (Lipinski definition) is 5. The zero-order valence-electron chi connectivity index (χ0n) is 15.0. The van der Waals surface area contributed by atoms with Crippen LogP contribution in [0.25, 0.3) is 0 Å². The SMILES string of the molecule is CC(=O)c1ccc(S(=O)(=O)N2CCC(C(=O)N[C@@H](C)CN)CC2)cc1.Cl. The number of sulfonamides is 1. The van der Waals surface area contributed by atoms with Gasteiger partial charge in [0.15, 0.2) is 5.78 Å². The second-order valence-corrected chi connectivity index (χ2v) is 8.34. The molecule has 9 heteroatoms. The zero-order valence-corrected chi connectivity index (χ0v) is 16.6. The van der Waals surface area contributed by atoms with Gasteiger partial charge < -0.3 is 11.1 Å². The molecule has 1 fully saturated rings. The van der Waals surface area contributed by atoms with Crippen molar-refractivity contribution >= 4 is 34.1 Å². The molecular formula is C17H26ClN3O4S. The molecule has 1 aliphatic heterocycles. The number of nitrogens with two attached hydrogens (primary N) is 1. The van der Waals surface area contributed by atoms with Crippen molar-refractivity contribution in [3.05, 3.63) is 29.8 Å². The Kier molecular flexibility index (Phi) is 8.20. The van der Waals surface area contributed by atoms with E-state index in [-0.39, 0.29) is 41.0 Å². The lowest BCUT2D eigenvalue weighted by Crippen LogP contribution is -2.46. The largest absolute Gasteiger partial charge is 0.352 e. The van der Waals surface area contributed by atoms with Gasteiger partial charge in [0.05, 0.1) is 4.90 Å². The van der Waals surface area contributed by atoms with Gasteiger partial charge in [-0.1, -0.05) is 12.1 Å². The Morgan fingerprint density at radius 2 is 1.77 bits per heavy atom. The van der Waals surface area contributed by atoms with Crippen LogP contribution in [0.1, 0.15) is 37.0 Å². The van der Waals surface area contributed by atoms with E-state index in [9.17, 15) is 18.0 Å². The zero-order chi connectivity index (χ0) is 18.6. The third-order valence-electron chi connectivity index (χ3n) is 4.47. The average molecular weight is 404 g/mol. The monoisotopic (exact) mass is 403 g/mol. The Morgan fingerprint density at radius 1 is 1.23 bits per heavy atom. The van der Waals surface area contributed by atoms with Crippen LogP contribution >= 0.6 is 12.4 Å². The van der Waals surface area contributed by atoms with E-state index >= 15 is 0 Å². The quantitative estimate of drug-likeness (QED) is 0.693. The summed E-state index contributed by atoms with van der Waals surface area (Å²) >= 11 is 0. The number of ketones is 1. The van der Waals surface area contributed by atoms with Crippen LogP contribution in [0, 0.1) is 5.92 Å². The Labute approximate surface area is 160 Å². The predicted octanol–water partition coefficient (Wildman–Crippen LogP) is 1.18. The first kappa shape index (κ1) is 22.6. The summed E-state index contributed by atoms with van der Waals surface area (Å²) < 4.78 is 26.8. The maximum atomic E-state index is 12.7. The molecule has 1 aromatic rings. The normalized spacial score (nSPS) is 17.2. The molecule has 0 bridgehead atoms. The summed E-state index contributed by atoms with van der Waals surface area (Å²) in [6.07, 6.45) is 0.960. The molecule has 3 N–H and O–H groups in total. The summed E-state index contributed by atoms with van der Waals surface area (Å²) in [6, 6.07) is 5.85. The highest BCUT2D eigenvalue weighted by Crippen LogP contribution is 2.24. The molecule has 1 atom stereocenters. The number of piperidine rings is 1. The summed E-state index contributed by atoms with van der Waals surface area (Å²) in [5.41, 5.74) is 5.97. The van der Waals surface area contributed by atoms with Crippen LogP contribution in [0.4, 0.5) is 0 Å². The molecule has 26 heavy (non-hydrogen) atoms. The van der Waals surface area contributed by atoms with Crippen molar-refractivity contribution in [2.24, 2.45) is 11.7 Å². The van der Waals surface area contributed by atoms with Gasteiger partial charge in [-0.25, -0.2) is 8.42 Å². The van der Waals surface area contributed by atoms with E-state index in [2.05, 4.69) is 5.32 Å². The molecule has 1 aromatic carbocycles. The van der Waals surface area contributed by atoms with Crippen LogP contribution in [0.5, 0.6) is 0 Å². The smallest absolute Gasteiger partial charge is 0.243 e. The van der Waals surface area contributed by atoms with Crippen molar-refractivity contribution in [3.8, 4) is 0 Å². The van der Waals surface area contributed by atoms with Crippen molar-refractivity contribution in [2.45, 2.75) is 37.6 Å². The van der Waals surface area contributed by atoms with E-state index in [1.54, 1.807) is 0 Å². The van der Waals surface area contributed by atoms with E-state index < -0.39 is 10.0 Å². The number of Topliss-reactive ketones (excluding diaryl/α,β-unsaturated/α-hetero) is 1. The molecule has 0 spiro atoms. The van der Waals surface area contributed by atoms with Crippen LogP contribution in [-0.4, -0.2) is 50.1 Å². The Balaban J connectivity index is 0.00000338. The molecule has 0 radical (unpaired) electrons. The third-order valence-corrected chi connectivity index (χ3v) is 6.38. The highest BCUT2D eigenvalue weighted by molar-refractivity contribution is 7.89. The van der Waals surface area contributed by atoms with E-state index in [1.165, 1.54) is 35.5 Å². The summed E-state index contributed by atoms with van der Waals surface area (Å²) in [4.78, 5) is 23.6. The van der Waals surface area contributed by atoms with E-state index in [0.717, 1.165) is 0 Å². The van der Waals surface area contributed by atoms with Gasteiger partial charge in [0.25, 0.3) is 0 Å². The van der Waals surface area contributed by atoms with Crippen LogP contribution in [0.15, 0.2) is 29.2 Å². The molecule has 0 aromatic heterocycles. The maximum absolute atomic E-state index is 12.7. The number of nitrogens with one attached hydrogen (secondary N) is 1. The van der Waals surface area contributed by atoms with Crippen molar-refractivity contribution in [3.63, 3.8) is 0 Å². The molecule has 0 unspecified atom stereocenters. The highest BCUT2D eigenvalue weighted by atomic mass is 35.5. The second kappa shape index (κ2) is 9.45. The molecule has 1 amide bonds. The summed E-state index contributed by atoms with van der Waals surface area (Å²) in [5.74, 6) is -0.371. The van der Waals surface area contributed by atoms with Gasteiger partial charge in [-0.2, -0.15) is 4.31 Å². The average Bonchev–Trinajstić information content (AvgIpc) is 2.61. The number of amides is 1. The first-order chi connectivity index (χ1) is 11.8. The standard InChI is InChI=1S/C17H25N3O4S.ClH/c1-12(11-18)19-17(22)15-7-9-20(10-8-15)25(23,24)16-5-3-14(4-6-16)13(2)21;/h3-6,12,15H,7-11,18H2,1-2H3,(H,19,22);1H/t12-;/m0./s1. The number of carbonyl (C=O) groups is 2. The topological polar surface area (TPSA) is 110 Å². The predicted molar refractivity (Wildman–Crippen MR) is 102 cm³/mol. The van der Waals surface area contributed by atoms with Gasteiger partial charge in [0.1, 0.15) is 0 Å². The van der Waals surface area contributed by atoms with Crippen LogP contribution in [-0.2, 0) is 14.8 Å². The van der Waals surface area contributed by atoms with E-state index in [1.807, 2.05) is 6.92 Å². The molecule has 0 aliphatic carbocycles.